The number of benzene rings is 3. The minimum atomic E-state index is -1.01. The van der Waals surface area contributed by atoms with Crippen molar-refractivity contribution in [1.29, 1.82) is 0 Å². The molecule has 3 aromatic carbocycles. The summed E-state index contributed by atoms with van der Waals surface area (Å²) < 4.78 is 14.9. The van der Waals surface area contributed by atoms with Gasteiger partial charge in [0.1, 0.15) is 11.9 Å². The summed E-state index contributed by atoms with van der Waals surface area (Å²) in [5.74, 6) is -2.81. The van der Waals surface area contributed by atoms with E-state index in [4.69, 9.17) is 9.68 Å². The van der Waals surface area contributed by atoms with E-state index in [1.807, 2.05) is 0 Å². The van der Waals surface area contributed by atoms with Crippen molar-refractivity contribution < 1.29 is 43.9 Å². The van der Waals surface area contributed by atoms with Crippen molar-refractivity contribution >= 4 is 28.1 Å². The molecule has 0 atom stereocenters. The summed E-state index contributed by atoms with van der Waals surface area (Å²) in [6, 6.07) is 12.1. The molecule has 22 heteroatoms. The molecule has 0 unspecified atom stereocenters. The van der Waals surface area contributed by atoms with Gasteiger partial charge < -0.3 is 10.1 Å². The first kappa shape index (κ1) is 34.3. The van der Waals surface area contributed by atoms with E-state index in [1.54, 1.807) is 24.3 Å². The maximum atomic E-state index is 14.9. The second-order valence-corrected chi connectivity index (χ2v) is 10.8. The molecule has 0 radical (unpaired) electrons. The molecule has 1 amide bonds. The standard InChI is InChI=1S/C28H26FN11O10/c1-34(2)39(47)32-49-25-16-26(24(38(45)46)15-23(25)37(43)44)50-33-40(48)36-11-9-35(10-12-36)28(42)20-13-17(7-8-21(20)29)14-22-18-5-3-4-6-19(18)27(41)31-30-22/h3-8,13,15-16H,9-12,14H2,1-2H3,(H-,31,32,41,47)/p+1/b40-33-. The van der Waals surface area contributed by atoms with Gasteiger partial charge in [-0.25, -0.2) is 14.7 Å². The van der Waals surface area contributed by atoms with E-state index in [0.29, 0.717) is 34.2 Å². The van der Waals surface area contributed by atoms with Crippen molar-refractivity contribution in [2.24, 2.45) is 10.6 Å². The highest BCUT2D eigenvalue weighted by atomic mass is 19.1. The van der Waals surface area contributed by atoms with Gasteiger partial charge in [0.15, 0.2) is 0 Å². The zero-order valence-electron chi connectivity index (χ0n) is 26.2. The molecule has 260 valence electrons. The first-order valence-corrected chi connectivity index (χ1v) is 14.5. The van der Waals surface area contributed by atoms with Crippen LogP contribution >= 0.6 is 0 Å². The number of aromatic amines is 1. The number of piperazine rings is 1. The molecule has 1 aliphatic rings. The largest absolute Gasteiger partial charge is 0.569 e. The number of nitro benzene ring substituents is 2. The maximum absolute atomic E-state index is 14.9. The number of nitro groups is 2. The first-order chi connectivity index (χ1) is 23.8. The number of carbonyl (C=O) groups excluding carboxylic acids is 1. The van der Waals surface area contributed by atoms with E-state index in [1.165, 1.54) is 31.1 Å². The molecule has 1 aliphatic heterocycles. The Kier molecular flexibility index (Phi) is 9.90. The Balaban J connectivity index is 1.27. The number of halogens is 1. The molecule has 2 heterocycles. The fourth-order valence-electron chi connectivity index (χ4n) is 4.84. The third kappa shape index (κ3) is 7.42. The Morgan fingerprint density at radius 1 is 0.960 bits per heavy atom. The monoisotopic (exact) mass is 696 g/mol. The Labute approximate surface area is 279 Å². The number of fused-ring (bicyclic) bond motifs is 1. The van der Waals surface area contributed by atoms with Gasteiger partial charge in [-0.05, 0) is 23.8 Å². The number of amides is 1. The summed E-state index contributed by atoms with van der Waals surface area (Å²) >= 11 is 0. The fourth-order valence-corrected chi connectivity index (χ4v) is 4.84. The van der Waals surface area contributed by atoms with Gasteiger partial charge in [0, 0.05) is 31.0 Å². The van der Waals surface area contributed by atoms with Gasteiger partial charge in [-0.3, -0.25) is 39.5 Å². The summed E-state index contributed by atoms with van der Waals surface area (Å²) in [6.45, 7) is -0.264. The molecule has 1 saturated heterocycles. The van der Waals surface area contributed by atoms with Crippen LogP contribution in [0.4, 0.5) is 15.8 Å². The van der Waals surface area contributed by atoms with Crippen LogP contribution in [0.3, 0.4) is 0 Å². The average molecular weight is 697 g/mol. The van der Waals surface area contributed by atoms with Crippen molar-refractivity contribution in [1.82, 2.24) is 25.1 Å². The van der Waals surface area contributed by atoms with Crippen molar-refractivity contribution in [2.45, 2.75) is 6.42 Å². The van der Waals surface area contributed by atoms with Crippen molar-refractivity contribution in [2.75, 3.05) is 40.3 Å². The predicted octanol–water partition coefficient (Wildman–Crippen LogP) is 2.72. The number of hydrogen-bond acceptors (Lipinski definition) is 12. The fraction of sp³-hybridized carbons (Fsp3) is 0.250. The van der Waals surface area contributed by atoms with Crippen molar-refractivity contribution in [3.8, 4) is 11.5 Å². The lowest BCUT2D eigenvalue weighted by Gasteiger charge is -2.31. The molecule has 0 bridgehead atoms. The third-order valence-electron chi connectivity index (χ3n) is 7.41. The molecule has 50 heavy (non-hydrogen) atoms. The zero-order valence-corrected chi connectivity index (χ0v) is 26.2. The molecule has 1 fully saturated rings. The predicted molar refractivity (Wildman–Crippen MR) is 164 cm³/mol. The van der Waals surface area contributed by atoms with Gasteiger partial charge in [0.05, 0.1) is 58.6 Å². The highest BCUT2D eigenvalue weighted by molar-refractivity contribution is 5.95. The maximum Gasteiger partial charge on any atom is 0.321 e. The molecule has 2 N–H and O–H groups in total. The van der Waals surface area contributed by atoms with Gasteiger partial charge in [0.25, 0.3) is 21.7 Å². The number of nitrogens with one attached hydrogen (secondary N) is 1. The van der Waals surface area contributed by atoms with Gasteiger partial charge in [-0.1, -0.05) is 24.3 Å². The molecular weight excluding hydrogens is 669 g/mol. The Morgan fingerprint density at radius 2 is 1.58 bits per heavy atom. The second-order valence-electron chi connectivity index (χ2n) is 10.8. The van der Waals surface area contributed by atoms with Crippen LogP contribution in [0.25, 0.3) is 10.8 Å². The summed E-state index contributed by atoms with van der Waals surface area (Å²) in [5, 5.41) is 61.7. The smallest absolute Gasteiger partial charge is 0.321 e. The molecule has 5 rings (SSSR count). The van der Waals surface area contributed by atoms with Gasteiger partial charge >= 0.3 is 11.4 Å². The Morgan fingerprint density at radius 3 is 2.20 bits per heavy atom. The van der Waals surface area contributed by atoms with Crippen molar-refractivity contribution in [3.63, 3.8) is 0 Å². The van der Waals surface area contributed by atoms with Gasteiger partial charge in [0.2, 0.25) is 16.8 Å². The number of aromatic nitrogens is 2. The molecule has 4 aromatic rings. The SMILES string of the molecule is CN(C)/[N+](O)=N/Oc1cc(O/N=[N+](\[O-])N2CCN(C(=O)c3cc(Cc4n[nH]c(=O)c5ccccc45)ccc3F)CC2)c([N+](=O)[O-])cc1[N+](=O)[O-]. The Hall–Kier alpha value is -7.00. The number of carbonyl (C=O) groups is 1. The van der Waals surface area contributed by atoms with Crippen LogP contribution in [0, 0.1) is 31.3 Å². The average Bonchev–Trinajstić information content (AvgIpc) is 3.10. The quantitative estimate of drug-likeness (QED) is 0.0991. The molecule has 0 spiro atoms. The van der Waals surface area contributed by atoms with E-state index in [-0.39, 0.29) is 53.7 Å². The van der Waals surface area contributed by atoms with Crippen LogP contribution in [0.15, 0.2) is 69.9 Å². The van der Waals surface area contributed by atoms with Crippen LogP contribution < -0.4 is 15.2 Å². The zero-order chi connectivity index (χ0) is 36.1. The summed E-state index contributed by atoms with van der Waals surface area (Å²) in [7, 11) is 2.72. The van der Waals surface area contributed by atoms with Crippen molar-refractivity contribution in [3.05, 3.63) is 113 Å². The topological polar surface area (TPSA) is 251 Å². The van der Waals surface area contributed by atoms with Crippen LogP contribution in [-0.4, -0.2) is 96.3 Å². The van der Waals surface area contributed by atoms with Crippen LogP contribution in [0.5, 0.6) is 11.5 Å². The molecular formula is C28H27FN11O10+. The molecule has 1 aromatic heterocycles. The minimum absolute atomic E-state index is 0.0257. The lowest BCUT2D eigenvalue weighted by molar-refractivity contribution is -0.933. The van der Waals surface area contributed by atoms with E-state index in [0.717, 1.165) is 16.1 Å². The number of hydrazine groups is 2. The normalized spacial score (nSPS) is 13.7. The van der Waals surface area contributed by atoms with E-state index >= 15 is 0 Å². The second kappa shape index (κ2) is 14.4. The van der Waals surface area contributed by atoms with Crippen LogP contribution in [0.1, 0.15) is 21.6 Å². The highest BCUT2D eigenvalue weighted by Crippen LogP contribution is 2.39. The lowest BCUT2D eigenvalue weighted by atomic mass is 10.0. The van der Waals surface area contributed by atoms with Gasteiger partial charge in [-0.15, -0.1) is 10.0 Å². The minimum Gasteiger partial charge on any atom is -0.569 e. The van der Waals surface area contributed by atoms with E-state index in [9.17, 15) is 44.6 Å². The van der Waals surface area contributed by atoms with Crippen LogP contribution in [-0.2, 0) is 6.42 Å². The lowest BCUT2D eigenvalue weighted by Crippen LogP contribution is -2.50. The Bertz CT molecular complexity index is 2100. The number of hydrogen-bond donors (Lipinski definition) is 2. The van der Waals surface area contributed by atoms with Crippen LogP contribution in [0.2, 0.25) is 0 Å². The number of rotatable bonds is 11. The third-order valence-corrected chi connectivity index (χ3v) is 7.41. The summed E-state index contributed by atoms with van der Waals surface area (Å²) in [6.07, 6.45) is 0.198. The summed E-state index contributed by atoms with van der Waals surface area (Å²) in [5.41, 5.74) is -1.30. The molecule has 21 nitrogen and oxygen atoms in total. The molecule has 0 aliphatic carbocycles. The van der Waals surface area contributed by atoms with E-state index in [2.05, 4.69) is 20.8 Å². The number of nitrogens with zero attached hydrogens (tertiary/aromatic N) is 10. The highest BCUT2D eigenvalue weighted by Gasteiger charge is 2.31. The summed E-state index contributed by atoms with van der Waals surface area (Å²) in [4.78, 5) is 57.8. The first-order valence-electron chi connectivity index (χ1n) is 14.5. The molecule has 0 saturated carbocycles. The number of H-pyrrole nitrogens is 1. The van der Waals surface area contributed by atoms with Gasteiger partial charge in [-0.2, -0.15) is 5.10 Å². The van der Waals surface area contributed by atoms with E-state index < -0.39 is 44.4 Å².